The van der Waals surface area contributed by atoms with Gasteiger partial charge in [0.2, 0.25) is 0 Å². The summed E-state index contributed by atoms with van der Waals surface area (Å²) in [7, 11) is 1.91. The van der Waals surface area contributed by atoms with Gasteiger partial charge in [-0.2, -0.15) is 0 Å². The molecule has 0 heterocycles. The molecule has 0 aromatic carbocycles. The van der Waals surface area contributed by atoms with Gasteiger partial charge in [0.15, 0.2) is 0 Å². The molecule has 0 unspecified atom stereocenters. The Bertz CT molecular complexity index is 686. The molecule has 30 heavy (non-hydrogen) atoms. The summed E-state index contributed by atoms with van der Waals surface area (Å²) in [6.45, 7) is 11.9. The normalized spacial score (nSPS) is 46.9. The third-order valence-electron chi connectivity index (χ3n) is 10.8. The highest BCUT2D eigenvalue weighted by Crippen LogP contribution is 2.68. The van der Waals surface area contributed by atoms with Gasteiger partial charge < -0.3 is 4.74 Å². The number of nitrogens with zero attached hydrogens (tertiary/aromatic N) is 3. The topological polar surface area (TPSA) is 58.0 Å². The van der Waals surface area contributed by atoms with Gasteiger partial charge in [0, 0.05) is 17.6 Å². The molecule has 0 aliphatic heterocycles. The average molecular weight is 416 g/mol. The Morgan fingerprint density at radius 1 is 1.03 bits per heavy atom. The monoisotopic (exact) mass is 415 g/mol. The summed E-state index contributed by atoms with van der Waals surface area (Å²) < 4.78 is 5.77. The second-order valence-electron chi connectivity index (χ2n) is 12.7. The summed E-state index contributed by atoms with van der Waals surface area (Å²) in [5.41, 5.74) is 9.71. The quantitative estimate of drug-likeness (QED) is 0.257. The van der Waals surface area contributed by atoms with Gasteiger partial charge in [0.05, 0.1) is 6.10 Å². The van der Waals surface area contributed by atoms with Crippen LogP contribution in [0.1, 0.15) is 98.8 Å². The largest absolute Gasteiger partial charge is 0.381 e. The van der Waals surface area contributed by atoms with E-state index in [9.17, 15) is 0 Å². The zero-order valence-corrected chi connectivity index (χ0v) is 20.4. The van der Waals surface area contributed by atoms with Crippen LogP contribution in [0.25, 0.3) is 10.4 Å². The van der Waals surface area contributed by atoms with Crippen LogP contribution in [0.5, 0.6) is 0 Å². The van der Waals surface area contributed by atoms with Crippen molar-refractivity contribution >= 4 is 0 Å². The van der Waals surface area contributed by atoms with Gasteiger partial charge in [-0.05, 0) is 116 Å². The fraction of sp³-hybridized carbons (Fsp3) is 1.00. The van der Waals surface area contributed by atoms with Gasteiger partial charge in [0.25, 0.3) is 0 Å². The smallest absolute Gasteiger partial charge is 0.0574 e. The summed E-state index contributed by atoms with van der Waals surface area (Å²) in [6, 6.07) is 0. The molecule has 0 aromatic heterocycles. The van der Waals surface area contributed by atoms with Crippen LogP contribution >= 0.6 is 0 Å². The second kappa shape index (κ2) is 8.00. The standard InChI is InChI=1S/C26H45N3O/c1-17(16-24(2,3)28-29-27)21-9-10-22-20-8-7-18-15-19(30-6)11-13-25(18,4)23(20)12-14-26(21,22)5/h17-23H,7-16H2,1-6H3/t17-,18-,19-,20+,21-,22+,23+,25+,26-/m1/s1. The van der Waals surface area contributed by atoms with E-state index in [1.165, 1.54) is 57.8 Å². The van der Waals surface area contributed by atoms with E-state index in [2.05, 4.69) is 44.6 Å². The van der Waals surface area contributed by atoms with Crippen molar-refractivity contribution < 1.29 is 4.74 Å². The van der Waals surface area contributed by atoms with Gasteiger partial charge in [-0.15, -0.1) is 0 Å². The molecular formula is C26H45N3O. The van der Waals surface area contributed by atoms with Crippen LogP contribution in [0, 0.1) is 46.3 Å². The average Bonchev–Trinajstić information content (AvgIpc) is 3.04. The van der Waals surface area contributed by atoms with Crippen LogP contribution in [0.2, 0.25) is 0 Å². The molecule has 4 heteroatoms. The molecule has 4 rings (SSSR count). The van der Waals surface area contributed by atoms with Crippen molar-refractivity contribution in [2.75, 3.05) is 7.11 Å². The highest BCUT2D eigenvalue weighted by molar-refractivity contribution is 5.10. The lowest BCUT2D eigenvalue weighted by Gasteiger charge is -2.61. The van der Waals surface area contributed by atoms with Crippen molar-refractivity contribution in [3.63, 3.8) is 0 Å². The number of ether oxygens (including phenoxy) is 1. The maximum atomic E-state index is 8.95. The van der Waals surface area contributed by atoms with E-state index in [0.717, 1.165) is 36.0 Å². The maximum Gasteiger partial charge on any atom is 0.0574 e. The lowest BCUT2D eigenvalue weighted by molar-refractivity contribution is -0.133. The van der Waals surface area contributed by atoms with Gasteiger partial charge in [-0.25, -0.2) is 0 Å². The first kappa shape index (κ1) is 22.5. The number of rotatable bonds is 5. The van der Waals surface area contributed by atoms with Crippen LogP contribution in [0.3, 0.4) is 0 Å². The Morgan fingerprint density at radius 3 is 2.43 bits per heavy atom. The molecule has 0 spiro atoms. The molecule has 0 radical (unpaired) electrons. The van der Waals surface area contributed by atoms with Crippen molar-refractivity contribution in [2.24, 2.45) is 51.5 Å². The Balaban J connectivity index is 1.51. The predicted molar refractivity (Wildman–Crippen MR) is 123 cm³/mol. The number of hydrogen-bond donors (Lipinski definition) is 0. The van der Waals surface area contributed by atoms with Crippen molar-refractivity contribution in [3.05, 3.63) is 10.4 Å². The number of fused-ring (bicyclic) bond motifs is 5. The molecule has 0 saturated heterocycles. The molecule has 4 aliphatic rings. The van der Waals surface area contributed by atoms with Crippen molar-refractivity contribution in [3.8, 4) is 0 Å². The van der Waals surface area contributed by atoms with E-state index < -0.39 is 0 Å². The number of azide groups is 1. The van der Waals surface area contributed by atoms with Crippen LogP contribution < -0.4 is 0 Å². The highest BCUT2D eigenvalue weighted by atomic mass is 16.5. The van der Waals surface area contributed by atoms with Gasteiger partial charge >= 0.3 is 0 Å². The van der Waals surface area contributed by atoms with E-state index in [-0.39, 0.29) is 5.54 Å². The summed E-state index contributed by atoms with van der Waals surface area (Å²) in [5, 5.41) is 4.10. The van der Waals surface area contributed by atoms with Crippen LogP contribution in [-0.4, -0.2) is 18.8 Å². The Hall–Kier alpha value is -0.730. The molecule has 170 valence electrons. The van der Waals surface area contributed by atoms with Crippen LogP contribution in [0.15, 0.2) is 5.11 Å². The van der Waals surface area contributed by atoms with E-state index in [4.69, 9.17) is 10.3 Å². The summed E-state index contributed by atoms with van der Waals surface area (Å²) in [6.07, 6.45) is 14.0. The molecule has 9 atom stereocenters. The van der Waals surface area contributed by atoms with Gasteiger partial charge in [0.1, 0.15) is 0 Å². The highest BCUT2D eigenvalue weighted by Gasteiger charge is 2.60. The molecule has 0 N–H and O–H groups in total. The first-order valence-corrected chi connectivity index (χ1v) is 12.7. The fourth-order valence-corrected chi connectivity index (χ4v) is 9.50. The van der Waals surface area contributed by atoms with E-state index in [1.54, 1.807) is 0 Å². The van der Waals surface area contributed by atoms with Crippen molar-refractivity contribution in [1.82, 2.24) is 0 Å². The third kappa shape index (κ3) is 3.60. The maximum absolute atomic E-state index is 8.95. The molecule has 4 nitrogen and oxygen atoms in total. The van der Waals surface area contributed by atoms with Gasteiger partial charge in [-0.3, -0.25) is 0 Å². The Morgan fingerprint density at radius 2 is 1.73 bits per heavy atom. The van der Waals surface area contributed by atoms with Crippen molar-refractivity contribution in [2.45, 2.75) is 110 Å². The molecule has 0 aromatic rings. The summed E-state index contributed by atoms with van der Waals surface area (Å²) in [4.78, 5) is 3.11. The first-order valence-electron chi connectivity index (χ1n) is 12.7. The SMILES string of the molecule is CO[C@@H]1CC[C@@]2(C)[C@H](CC[C@@H]3[C@@H]2CC[C@]2(C)[C@@H]([C@H](C)CC(C)(C)N=[N+]=[N-])CC[C@@H]32)C1. The molecule has 4 fully saturated rings. The Labute approximate surface area is 184 Å². The zero-order valence-electron chi connectivity index (χ0n) is 20.4. The van der Waals surface area contributed by atoms with E-state index in [0.29, 0.717) is 22.9 Å². The van der Waals surface area contributed by atoms with Gasteiger partial charge in [-0.1, -0.05) is 39.7 Å². The molecule has 0 bridgehead atoms. The Kier molecular flexibility index (Phi) is 5.99. The van der Waals surface area contributed by atoms with Crippen molar-refractivity contribution in [1.29, 1.82) is 0 Å². The van der Waals surface area contributed by atoms with E-state index in [1.807, 2.05) is 7.11 Å². The first-order chi connectivity index (χ1) is 14.1. The molecular weight excluding hydrogens is 370 g/mol. The molecule has 4 aliphatic carbocycles. The minimum atomic E-state index is -0.272. The number of hydrogen-bond acceptors (Lipinski definition) is 2. The third-order valence-corrected chi connectivity index (χ3v) is 10.8. The summed E-state index contributed by atoms with van der Waals surface area (Å²) in [5.74, 6) is 5.06. The zero-order chi connectivity index (χ0) is 21.7. The predicted octanol–water partition coefficient (Wildman–Crippen LogP) is 7.78. The fourth-order valence-electron chi connectivity index (χ4n) is 9.50. The number of methoxy groups -OCH3 is 1. The lowest BCUT2D eigenvalue weighted by Crippen LogP contribution is -2.54. The summed E-state index contributed by atoms with van der Waals surface area (Å²) >= 11 is 0. The molecule has 0 amide bonds. The van der Waals surface area contributed by atoms with E-state index >= 15 is 0 Å². The minimum absolute atomic E-state index is 0.272. The minimum Gasteiger partial charge on any atom is -0.381 e. The second-order valence-corrected chi connectivity index (χ2v) is 12.7. The van der Waals surface area contributed by atoms with Crippen LogP contribution in [0.4, 0.5) is 0 Å². The molecule has 4 saturated carbocycles. The van der Waals surface area contributed by atoms with Crippen LogP contribution in [-0.2, 0) is 4.74 Å². The lowest BCUT2D eigenvalue weighted by atomic mass is 9.44.